The van der Waals surface area contributed by atoms with Crippen LogP contribution in [-0.4, -0.2) is 105 Å². The van der Waals surface area contributed by atoms with E-state index in [9.17, 15) is 45.3 Å². The van der Waals surface area contributed by atoms with Crippen molar-refractivity contribution in [1.82, 2.24) is 25.1 Å². The van der Waals surface area contributed by atoms with Crippen LogP contribution in [0.5, 0.6) is 11.5 Å². The Kier molecular flexibility index (Phi) is 7.20. The van der Waals surface area contributed by atoms with Crippen molar-refractivity contribution in [3.63, 3.8) is 0 Å². The fourth-order valence-corrected chi connectivity index (χ4v) is 6.75. The van der Waals surface area contributed by atoms with Gasteiger partial charge in [-0.05, 0) is 41.5 Å². The molecule has 49 heavy (non-hydrogen) atoms. The molecule has 3 aromatic heterocycles. The predicted octanol–water partition coefficient (Wildman–Crippen LogP) is 0.257. The molecule has 0 unspecified atom stereocenters. The number of imide groups is 1. The van der Waals surface area contributed by atoms with Crippen LogP contribution in [0, 0.1) is 0 Å². The standard InChI is InChI=1S/C33H29N5O11/c39-11-14-5-13(8-34-9-14)10-35-37-31(46)24-22-17-3-1-15(41)6-19(17)36-26(22)27-23(25(24)32(37)47)18-4-2-16(42)7-20(18)38(27)49-33-30(45)29(44)28(43)21(12-40)48-33/h1-9,21,28-30,33,35-36,39-45H,10-12H2/t21-,28-,29+,30-,33+/m1/s1. The van der Waals surface area contributed by atoms with Gasteiger partial charge in [-0.2, -0.15) is 4.73 Å². The maximum atomic E-state index is 14.3. The Balaban J connectivity index is 1.37. The first-order valence-corrected chi connectivity index (χ1v) is 15.2. The van der Waals surface area contributed by atoms with E-state index in [0.717, 1.165) is 5.01 Å². The Hall–Kier alpha value is -5.33. The van der Waals surface area contributed by atoms with Gasteiger partial charge in [0.1, 0.15) is 41.4 Å². The zero-order valence-corrected chi connectivity index (χ0v) is 25.3. The fourth-order valence-electron chi connectivity index (χ4n) is 6.75. The number of aliphatic hydroxyl groups is 5. The van der Waals surface area contributed by atoms with Crippen LogP contribution in [0.2, 0.25) is 0 Å². The molecule has 1 fully saturated rings. The zero-order valence-electron chi connectivity index (χ0n) is 25.3. The van der Waals surface area contributed by atoms with E-state index in [2.05, 4.69) is 15.4 Å². The van der Waals surface area contributed by atoms with Gasteiger partial charge in [-0.15, -0.1) is 0 Å². The van der Waals surface area contributed by atoms with Gasteiger partial charge in [-0.25, -0.2) is 10.4 Å². The Morgan fingerprint density at radius 2 is 1.55 bits per heavy atom. The van der Waals surface area contributed by atoms with E-state index < -0.39 is 49.1 Å². The van der Waals surface area contributed by atoms with Gasteiger partial charge in [0, 0.05) is 52.6 Å². The smallest absolute Gasteiger partial charge is 0.276 e. The van der Waals surface area contributed by atoms with Crippen LogP contribution in [0.1, 0.15) is 31.8 Å². The topological polar surface area (TPSA) is 243 Å². The maximum Gasteiger partial charge on any atom is 0.276 e. The normalized spacial score (nSPS) is 22.6. The van der Waals surface area contributed by atoms with Crippen molar-refractivity contribution in [2.45, 2.75) is 43.9 Å². The van der Waals surface area contributed by atoms with Crippen LogP contribution in [0.4, 0.5) is 0 Å². The van der Waals surface area contributed by atoms with Crippen molar-refractivity contribution in [2.24, 2.45) is 0 Å². The molecule has 2 aliphatic rings. The van der Waals surface area contributed by atoms with Crippen molar-refractivity contribution < 1.29 is 54.9 Å². The number of carbonyl (C=O) groups excluding carboxylic acids is 2. The number of aromatic amines is 1. The first-order chi connectivity index (χ1) is 23.6. The number of carbonyl (C=O) groups is 2. The average molecular weight is 672 g/mol. The molecule has 9 N–H and O–H groups in total. The molecule has 1 saturated heterocycles. The third-order valence-corrected chi connectivity index (χ3v) is 9.05. The molecule has 0 bridgehead atoms. The first kappa shape index (κ1) is 31.0. The summed E-state index contributed by atoms with van der Waals surface area (Å²) in [6.45, 7) is -0.942. The molecule has 0 spiro atoms. The molecule has 252 valence electrons. The third kappa shape index (κ3) is 4.61. The number of benzene rings is 3. The van der Waals surface area contributed by atoms with Gasteiger partial charge < -0.3 is 50.3 Å². The molecule has 16 heteroatoms. The molecule has 0 saturated carbocycles. The summed E-state index contributed by atoms with van der Waals surface area (Å²) in [6, 6.07) is 10.4. The Morgan fingerprint density at radius 3 is 2.29 bits per heavy atom. The van der Waals surface area contributed by atoms with Crippen LogP contribution in [0.15, 0.2) is 54.9 Å². The summed E-state index contributed by atoms with van der Waals surface area (Å²) in [5.41, 5.74) is 5.16. The number of nitrogens with zero attached hydrogens (tertiary/aromatic N) is 3. The highest BCUT2D eigenvalue weighted by molar-refractivity contribution is 6.39. The Bertz CT molecular complexity index is 2330. The van der Waals surface area contributed by atoms with Gasteiger partial charge >= 0.3 is 0 Å². The fraction of sp³-hybridized carbons (Fsp3) is 0.242. The average Bonchev–Trinajstić information content (AvgIpc) is 3.70. The number of phenols is 2. The highest BCUT2D eigenvalue weighted by atomic mass is 16.8. The molecule has 5 heterocycles. The Labute approximate surface area is 274 Å². The number of hydrogen-bond acceptors (Lipinski definition) is 13. The zero-order chi connectivity index (χ0) is 34.3. The highest BCUT2D eigenvalue weighted by Gasteiger charge is 2.46. The molecule has 2 amide bonds. The first-order valence-electron chi connectivity index (χ1n) is 15.2. The predicted molar refractivity (Wildman–Crippen MR) is 170 cm³/mol. The van der Waals surface area contributed by atoms with Gasteiger partial charge in [0.15, 0.2) is 0 Å². The molecule has 3 aromatic carbocycles. The number of H-pyrrole nitrogens is 1. The van der Waals surface area contributed by atoms with Crippen molar-refractivity contribution in [3.05, 3.63) is 77.1 Å². The number of aromatic nitrogens is 3. The molecule has 2 aliphatic heterocycles. The van der Waals surface area contributed by atoms with Crippen LogP contribution in [-0.2, 0) is 17.9 Å². The number of fused-ring (bicyclic) bond motifs is 10. The number of rotatable bonds is 7. The number of aliphatic hydroxyl groups excluding tert-OH is 5. The number of hydrogen-bond donors (Lipinski definition) is 9. The minimum atomic E-state index is -1.80. The van der Waals surface area contributed by atoms with Gasteiger partial charge in [0.05, 0.1) is 40.9 Å². The Morgan fingerprint density at radius 1 is 0.857 bits per heavy atom. The lowest BCUT2D eigenvalue weighted by Gasteiger charge is -2.39. The number of aromatic hydroxyl groups is 2. The second-order valence-corrected chi connectivity index (χ2v) is 12.0. The highest BCUT2D eigenvalue weighted by Crippen LogP contribution is 2.45. The van der Waals surface area contributed by atoms with E-state index in [4.69, 9.17) is 9.57 Å². The van der Waals surface area contributed by atoms with E-state index >= 15 is 0 Å². The molecule has 5 atom stereocenters. The van der Waals surface area contributed by atoms with E-state index in [0.29, 0.717) is 32.8 Å². The van der Waals surface area contributed by atoms with Crippen molar-refractivity contribution in [1.29, 1.82) is 0 Å². The van der Waals surface area contributed by atoms with Crippen LogP contribution in [0.3, 0.4) is 0 Å². The van der Waals surface area contributed by atoms with Gasteiger partial charge in [0.25, 0.3) is 18.1 Å². The van der Waals surface area contributed by atoms with Crippen molar-refractivity contribution >= 4 is 55.4 Å². The third-order valence-electron chi connectivity index (χ3n) is 9.05. The van der Waals surface area contributed by atoms with E-state index in [1.54, 1.807) is 12.1 Å². The summed E-state index contributed by atoms with van der Waals surface area (Å²) in [7, 11) is 0. The quantitative estimate of drug-likeness (QED) is 0.104. The minimum Gasteiger partial charge on any atom is -0.508 e. The monoisotopic (exact) mass is 671 g/mol. The van der Waals surface area contributed by atoms with Gasteiger partial charge in [-0.3, -0.25) is 14.6 Å². The molecule has 8 rings (SSSR count). The molecular formula is C33H29N5O11. The summed E-state index contributed by atoms with van der Waals surface area (Å²) in [5, 5.41) is 74.1. The summed E-state index contributed by atoms with van der Waals surface area (Å²) in [6.07, 6.45) is -5.14. The lowest BCUT2D eigenvalue weighted by Crippen LogP contribution is -2.61. The second-order valence-electron chi connectivity index (χ2n) is 12.0. The van der Waals surface area contributed by atoms with E-state index in [-0.39, 0.29) is 57.7 Å². The number of hydrazine groups is 1. The van der Waals surface area contributed by atoms with Gasteiger partial charge in [0.2, 0.25) is 0 Å². The largest absolute Gasteiger partial charge is 0.508 e. The molecular weight excluding hydrogens is 642 g/mol. The van der Waals surface area contributed by atoms with E-state index in [1.807, 2.05) is 0 Å². The van der Waals surface area contributed by atoms with Crippen molar-refractivity contribution in [2.75, 3.05) is 6.61 Å². The van der Waals surface area contributed by atoms with Gasteiger partial charge in [-0.1, -0.05) is 0 Å². The molecule has 0 radical (unpaired) electrons. The number of amides is 2. The summed E-state index contributed by atoms with van der Waals surface area (Å²) in [5.74, 6) is -1.62. The van der Waals surface area contributed by atoms with E-state index in [1.165, 1.54) is 47.5 Å². The summed E-state index contributed by atoms with van der Waals surface area (Å²) < 4.78 is 6.83. The number of nitrogens with one attached hydrogen (secondary N) is 2. The van der Waals surface area contributed by atoms with Crippen LogP contribution in [0.25, 0.3) is 43.6 Å². The number of ether oxygens (including phenoxy) is 1. The summed E-state index contributed by atoms with van der Waals surface area (Å²) >= 11 is 0. The number of phenolic OH excluding ortho intramolecular Hbond substituents is 2. The lowest BCUT2D eigenvalue weighted by molar-refractivity contribution is -0.298. The molecule has 6 aromatic rings. The lowest BCUT2D eigenvalue weighted by atomic mass is 9.96. The van der Waals surface area contributed by atoms with Crippen LogP contribution < -0.4 is 10.3 Å². The SMILES string of the molecule is O=C1c2c(c3c4ccc(O)cc4n(O[C@@H]4O[C@H](CO)[C@@H](O)[C@H](O)[C@H]4O)c3c3[nH]c4cc(O)ccc4c23)C(=O)N1NCc1cncc(CO)c1. The molecule has 16 nitrogen and oxygen atoms in total. The van der Waals surface area contributed by atoms with Crippen molar-refractivity contribution in [3.8, 4) is 11.5 Å². The minimum absolute atomic E-state index is 0.00283. The molecule has 0 aliphatic carbocycles. The van der Waals surface area contributed by atoms with Crippen LogP contribution >= 0.6 is 0 Å². The summed E-state index contributed by atoms with van der Waals surface area (Å²) in [4.78, 5) is 42.0. The number of pyridine rings is 1. The maximum absolute atomic E-state index is 14.3. The second kappa shape index (κ2) is 11.4.